The van der Waals surface area contributed by atoms with Crippen LogP contribution in [0.3, 0.4) is 0 Å². The molecule has 0 spiro atoms. The number of rotatable bonds is 4. The highest BCUT2D eigenvalue weighted by Gasteiger charge is 2.15. The van der Waals surface area contributed by atoms with Gasteiger partial charge in [-0.05, 0) is 43.9 Å². The van der Waals surface area contributed by atoms with Gasteiger partial charge in [-0.2, -0.15) is 0 Å². The van der Waals surface area contributed by atoms with Gasteiger partial charge in [0.15, 0.2) is 0 Å². The Morgan fingerprint density at radius 2 is 2.36 bits per heavy atom. The molecular formula is C13H22O. The van der Waals surface area contributed by atoms with Gasteiger partial charge in [0.2, 0.25) is 0 Å². The van der Waals surface area contributed by atoms with Crippen LogP contribution in [-0.2, 0) is 4.79 Å². The summed E-state index contributed by atoms with van der Waals surface area (Å²) in [5.74, 6) is 1.67. The minimum Gasteiger partial charge on any atom is -0.303 e. The molecule has 80 valence electrons. The number of carbonyl (C=O) groups is 1. The summed E-state index contributed by atoms with van der Waals surface area (Å²) in [6.07, 6.45) is 10.2. The summed E-state index contributed by atoms with van der Waals surface area (Å²) in [5, 5.41) is 0. The Labute approximate surface area is 87.6 Å². The van der Waals surface area contributed by atoms with Crippen molar-refractivity contribution in [3.63, 3.8) is 0 Å². The number of aldehydes is 1. The van der Waals surface area contributed by atoms with Crippen LogP contribution in [0.25, 0.3) is 0 Å². The van der Waals surface area contributed by atoms with Crippen molar-refractivity contribution in [3.05, 3.63) is 11.6 Å². The number of allylic oxidation sites excluding steroid dienone is 2. The van der Waals surface area contributed by atoms with Gasteiger partial charge in [-0.15, -0.1) is 0 Å². The van der Waals surface area contributed by atoms with Crippen molar-refractivity contribution < 1.29 is 4.79 Å². The first-order valence-electron chi connectivity index (χ1n) is 5.85. The molecular weight excluding hydrogens is 172 g/mol. The smallest absolute Gasteiger partial charge is 0.120 e. The highest BCUT2D eigenvalue weighted by Crippen LogP contribution is 2.29. The molecule has 1 rings (SSSR count). The topological polar surface area (TPSA) is 17.1 Å². The Morgan fingerprint density at radius 3 is 3.00 bits per heavy atom. The van der Waals surface area contributed by atoms with Crippen LogP contribution in [0.4, 0.5) is 0 Å². The number of hydrogen-bond acceptors (Lipinski definition) is 1. The largest absolute Gasteiger partial charge is 0.303 e. The monoisotopic (exact) mass is 194 g/mol. The van der Waals surface area contributed by atoms with E-state index < -0.39 is 0 Å². The minimum atomic E-state index is 0.707. The maximum Gasteiger partial charge on any atom is 0.120 e. The third-order valence-corrected chi connectivity index (χ3v) is 3.31. The molecule has 0 unspecified atom stereocenters. The van der Waals surface area contributed by atoms with E-state index in [0.29, 0.717) is 6.42 Å². The van der Waals surface area contributed by atoms with Crippen LogP contribution in [0.1, 0.15) is 52.4 Å². The molecule has 1 atom stereocenters. The van der Waals surface area contributed by atoms with Gasteiger partial charge in [0.05, 0.1) is 0 Å². The van der Waals surface area contributed by atoms with Gasteiger partial charge in [0.1, 0.15) is 6.29 Å². The van der Waals surface area contributed by atoms with Gasteiger partial charge < -0.3 is 4.79 Å². The SMILES string of the molecule is CC(C)[C@H]1CC=C(CCC=O)CCC1. The average molecular weight is 194 g/mol. The maximum atomic E-state index is 10.3. The van der Waals surface area contributed by atoms with Crippen LogP contribution in [0.2, 0.25) is 0 Å². The van der Waals surface area contributed by atoms with Crippen LogP contribution < -0.4 is 0 Å². The van der Waals surface area contributed by atoms with Crippen molar-refractivity contribution in [2.75, 3.05) is 0 Å². The van der Waals surface area contributed by atoms with Crippen molar-refractivity contribution in [2.45, 2.75) is 52.4 Å². The summed E-state index contributed by atoms with van der Waals surface area (Å²) in [6.45, 7) is 4.63. The van der Waals surface area contributed by atoms with E-state index in [4.69, 9.17) is 0 Å². The Hall–Kier alpha value is -0.590. The zero-order valence-corrected chi connectivity index (χ0v) is 9.46. The molecule has 1 aliphatic carbocycles. The Morgan fingerprint density at radius 1 is 1.57 bits per heavy atom. The lowest BCUT2D eigenvalue weighted by molar-refractivity contribution is -0.107. The van der Waals surface area contributed by atoms with E-state index in [9.17, 15) is 4.79 Å². The number of hydrogen-bond donors (Lipinski definition) is 0. The molecule has 0 aliphatic heterocycles. The van der Waals surface area contributed by atoms with Gasteiger partial charge in [-0.25, -0.2) is 0 Å². The van der Waals surface area contributed by atoms with Crippen LogP contribution >= 0.6 is 0 Å². The molecule has 0 bridgehead atoms. The summed E-state index contributed by atoms with van der Waals surface area (Å²) in [5.41, 5.74) is 1.51. The van der Waals surface area contributed by atoms with Crippen molar-refractivity contribution in [1.29, 1.82) is 0 Å². The summed E-state index contributed by atoms with van der Waals surface area (Å²) in [6, 6.07) is 0. The lowest BCUT2D eigenvalue weighted by Gasteiger charge is -2.16. The van der Waals surface area contributed by atoms with E-state index in [0.717, 1.165) is 24.5 Å². The lowest BCUT2D eigenvalue weighted by Crippen LogP contribution is -2.06. The molecule has 0 fully saturated rings. The molecule has 1 nitrogen and oxygen atoms in total. The molecule has 0 aromatic heterocycles. The van der Waals surface area contributed by atoms with Gasteiger partial charge >= 0.3 is 0 Å². The molecule has 0 radical (unpaired) electrons. The molecule has 0 aromatic carbocycles. The van der Waals surface area contributed by atoms with Gasteiger partial charge in [-0.3, -0.25) is 0 Å². The normalized spacial score (nSPS) is 23.1. The average Bonchev–Trinajstić information content (AvgIpc) is 2.39. The molecule has 0 N–H and O–H groups in total. The van der Waals surface area contributed by atoms with Crippen LogP contribution in [0, 0.1) is 11.8 Å². The van der Waals surface area contributed by atoms with E-state index in [1.54, 1.807) is 0 Å². The Balaban J connectivity index is 2.42. The Kier molecular flexibility index (Phi) is 4.92. The van der Waals surface area contributed by atoms with Crippen LogP contribution in [0.15, 0.2) is 11.6 Å². The summed E-state index contributed by atoms with van der Waals surface area (Å²) in [4.78, 5) is 10.3. The predicted molar refractivity (Wildman–Crippen MR) is 60.2 cm³/mol. The minimum absolute atomic E-state index is 0.707. The summed E-state index contributed by atoms with van der Waals surface area (Å²) >= 11 is 0. The van der Waals surface area contributed by atoms with E-state index in [2.05, 4.69) is 19.9 Å². The molecule has 0 saturated heterocycles. The predicted octanol–water partition coefficient (Wildman–Crippen LogP) is 3.74. The number of carbonyl (C=O) groups excluding carboxylic acids is 1. The molecule has 0 aromatic rings. The fourth-order valence-corrected chi connectivity index (χ4v) is 2.21. The van der Waals surface area contributed by atoms with Crippen LogP contribution in [-0.4, -0.2) is 6.29 Å². The van der Waals surface area contributed by atoms with Gasteiger partial charge in [0, 0.05) is 6.42 Å². The van der Waals surface area contributed by atoms with E-state index >= 15 is 0 Å². The fourth-order valence-electron chi connectivity index (χ4n) is 2.21. The zero-order chi connectivity index (χ0) is 10.4. The molecule has 14 heavy (non-hydrogen) atoms. The highest BCUT2D eigenvalue weighted by atomic mass is 16.1. The first-order chi connectivity index (χ1) is 6.74. The molecule has 1 heteroatoms. The molecule has 0 amide bonds. The van der Waals surface area contributed by atoms with Crippen molar-refractivity contribution >= 4 is 6.29 Å². The first-order valence-corrected chi connectivity index (χ1v) is 5.85. The van der Waals surface area contributed by atoms with Crippen molar-refractivity contribution in [3.8, 4) is 0 Å². The quantitative estimate of drug-likeness (QED) is 0.492. The second kappa shape index (κ2) is 6.00. The maximum absolute atomic E-state index is 10.3. The fraction of sp³-hybridized carbons (Fsp3) is 0.769. The van der Waals surface area contributed by atoms with Crippen molar-refractivity contribution in [2.24, 2.45) is 11.8 Å². The molecule has 0 heterocycles. The molecule has 1 aliphatic rings. The summed E-state index contributed by atoms with van der Waals surface area (Å²) in [7, 11) is 0. The first kappa shape index (κ1) is 11.5. The summed E-state index contributed by atoms with van der Waals surface area (Å²) < 4.78 is 0. The van der Waals surface area contributed by atoms with E-state index in [1.165, 1.54) is 31.3 Å². The highest BCUT2D eigenvalue weighted by molar-refractivity contribution is 5.49. The second-order valence-electron chi connectivity index (χ2n) is 4.70. The Bertz CT molecular complexity index is 203. The second-order valence-corrected chi connectivity index (χ2v) is 4.70. The van der Waals surface area contributed by atoms with Gasteiger partial charge in [-0.1, -0.05) is 25.5 Å². The van der Waals surface area contributed by atoms with Crippen molar-refractivity contribution in [1.82, 2.24) is 0 Å². The lowest BCUT2D eigenvalue weighted by atomic mass is 9.89. The van der Waals surface area contributed by atoms with E-state index in [-0.39, 0.29) is 0 Å². The molecule has 0 saturated carbocycles. The van der Waals surface area contributed by atoms with Gasteiger partial charge in [0.25, 0.3) is 0 Å². The third kappa shape index (κ3) is 3.65. The van der Waals surface area contributed by atoms with E-state index in [1.807, 2.05) is 0 Å². The van der Waals surface area contributed by atoms with Crippen LogP contribution in [0.5, 0.6) is 0 Å². The zero-order valence-electron chi connectivity index (χ0n) is 9.46. The standard InChI is InChI=1S/C13H22O/c1-11(2)13-7-3-5-12(8-9-13)6-4-10-14/h8,10-11,13H,3-7,9H2,1-2H3/t13-/m1/s1. The third-order valence-electron chi connectivity index (χ3n) is 3.31.